The summed E-state index contributed by atoms with van der Waals surface area (Å²) in [5.74, 6) is 0.582. The lowest BCUT2D eigenvalue weighted by Crippen LogP contribution is -2.49. The number of hydrogen-bond donors (Lipinski definition) is 0. The van der Waals surface area contributed by atoms with Gasteiger partial charge in [-0.25, -0.2) is 0 Å². The first kappa shape index (κ1) is 27.8. The van der Waals surface area contributed by atoms with Crippen molar-refractivity contribution in [1.29, 1.82) is 0 Å². The van der Waals surface area contributed by atoms with Crippen molar-refractivity contribution < 1.29 is 13.4 Å². The maximum atomic E-state index is 5.93. The fourth-order valence-corrected chi connectivity index (χ4v) is 4.39. The normalized spacial score (nSPS) is 13.0. The van der Waals surface area contributed by atoms with Crippen molar-refractivity contribution in [2.45, 2.75) is 25.5 Å². The van der Waals surface area contributed by atoms with Gasteiger partial charge in [0.15, 0.2) is 0 Å². The Morgan fingerprint density at radius 2 is 0.848 bits per heavy atom. The van der Waals surface area contributed by atoms with Crippen molar-refractivity contribution in [1.82, 2.24) is 4.90 Å². The van der Waals surface area contributed by atoms with Crippen LogP contribution in [0.25, 0.3) is 0 Å². The minimum absolute atomic E-state index is 0.582. The lowest BCUT2D eigenvalue weighted by Gasteiger charge is -2.36. The van der Waals surface area contributed by atoms with Gasteiger partial charge in [0.2, 0.25) is 0 Å². The Labute approximate surface area is 208 Å². The molecular formula is C28H48ClN4+3. The van der Waals surface area contributed by atoms with Gasteiger partial charge in [0.1, 0.15) is 32.7 Å². The predicted octanol–water partition coefficient (Wildman–Crippen LogP) is 4.42. The molecule has 5 heteroatoms. The molecule has 2 aromatic rings. The van der Waals surface area contributed by atoms with E-state index in [0.29, 0.717) is 5.88 Å². The van der Waals surface area contributed by atoms with Crippen molar-refractivity contribution in [3.63, 3.8) is 0 Å². The number of rotatable bonds is 13. The Hall–Kier alpha value is -1.43. The van der Waals surface area contributed by atoms with Crippen molar-refractivity contribution in [2.75, 3.05) is 82.6 Å². The molecule has 0 aliphatic carbocycles. The Morgan fingerprint density at radius 3 is 1.15 bits per heavy atom. The highest BCUT2D eigenvalue weighted by molar-refractivity contribution is 6.17. The molecule has 184 valence electrons. The molecule has 2 aromatic carbocycles. The quantitative estimate of drug-likeness (QED) is 0.306. The Balaban J connectivity index is 1.88. The van der Waals surface area contributed by atoms with Crippen LogP contribution in [0.1, 0.15) is 22.3 Å². The minimum Gasteiger partial charge on any atom is -0.324 e. The van der Waals surface area contributed by atoms with E-state index in [4.69, 9.17) is 11.6 Å². The van der Waals surface area contributed by atoms with E-state index in [-0.39, 0.29) is 0 Å². The van der Waals surface area contributed by atoms with Crippen molar-refractivity contribution in [3.05, 3.63) is 70.8 Å². The van der Waals surface area contributed by atoms with E-state index in [1.165, 1.54) is 22.3 Å². The fraction of sp³-hybridized carbons (Fsp3) is 0.571. The van der Waals surface area contributed by atoms with Crippen LogP contribution in [0.15, 0.2) is 48.5 Å². The van der Waals surface area contributed by atoms with Gasteiger partial charge in [0, 0.05) is 29.1 Å². The smallest absolute Gasteiger partial charge is 0.128 e. The number of alkyl halides is 1. The van der Waals surface area contributed by atoms with Crippen molar-refractivity contribution in [3.8, 4) is 0 Å². The summed E-state index contributed by atoms with van der Waals surface area (Å²) in [4.78, 5) is 2.26. The molecule has 2 rings (SSSR count). The van der Waals surface area contributed by atoms with Crippen LogP contribution < -0.4 is 0 Å². The molecule has 4 nitrogen and oxygen atoms in total. The molecule has 0 amide bonds. The number of quaternary nitrogens is 3. The highest BCUT2D eigenvalue weighted by atomic mass is 35.5. The molecule has 0 aromatic heterocycles. The standard InChI is InChI=1S/C28H48ClN4/c1-30(2)17-18-31(3,4)22-27-13-15-28(16-14-27)24-33(7,8)20-19-32(5,6)23-26-11-9-25(21-29)10-12-26/h9-16H,17-24H2,1-8H3/q+3. The minimum atomic E-state index is 0.582. The van der Waals surface area contributed by atoms with Crippen LogP contribution in [0.5, 0.6) is 0 Å². The van der Waals surface area contributed by atoms with Crippen LogP contribution >= 0.6 is 11.6 Å². The molecule has 33 heavy (non-hydrogen) atoms. The lowest BCUT2D eigenvalue weighted by molar-refractivity contribution is -0.958. The van der Waals surface area contributed by atoms with Crippen molar-refractivity contribution >= 4 is 11.6 Å². The average Bonchev–Trinajstić information content (AvgIpc) is 2.73. The first-order chi connectivity index (χ1) is 15.3. The summed E-state index contributed by atoms with van der Waals surface area (Å²) in [5.41, 5.74) is 5.40. The largest absolute Gasteiger partial charge is 0.324 e. The summed E-state index contributed by atoms with van der Waals surface area (Å²) in [5, 5.41) is 0. The first-order valence-corrected chi connectivity index (χ1v) is 12.7. The second-order valence-corrected chi connectivity index (χ2v) is 12.3. The number of benzene rings is 2. The molecule has 0 fully saturated rings. The van der Waals surface area contributed by atoms with E-state index in [0.717, 1.165) is 59.3 Å². The van der Waals surface area contributed by atoms with E-state index in [1.54, 1.807) is 0 Å². The van der Waals surface area contributed by atoms with Crippen molar-refractivity contribution in [2.24, 2.45) is 0 Å². The summed E-state index contributed by atoms with van der Waals surface area (Å²) < 4.78 is 3.00. The molecular weight excluding hydrogens is 428 g/mol. The zero-order valence-electron chi connectivity index (χ0n) is 22.4. The van der Waals surface area contributed by atoms with Crippen LogP contribution in [-0.2, 0) is 25.5 Å². The molecule has 0 unspecified atom stereocenters. The number of nitrogens with zero attached hydrogens (tertiary/aromatic N) is 4. The number of halogens is 1. The van der Waals surface area contributed by atoms with E-state index >= 15 is 0 Å². The summed E-state index contributed by atoms with van der Waals surface area (Å²) in [6.07, 6.45) is 0. The van der Waals surface area contributed by atoms with E-state index in [9.17, 15) is 0 Å². The van der Waals surface area contributed by atoms with Gasteiger partial charge >= 0.3 is 0 Å². The van der Waals surface area contributed by atoms with E-state index in [1.807, 2.05) is 0 Å². The third-order valence-corrected chi connectivity index (χ3v) is 6.80. The number of hydrogen-bond acceptors (Lipinski definition) is 1. The molecule has 0 saturated carbocycles. The highest BCUT2D eigenvalue weighted by Gasteiger charge is 2.24. The third kappa shape index (κ3) is 10.6. The van der Waals surface area contributed by atoms with Gasteiger partial charge in [-0.2, -0.15) is 0 Å². The highest BCUT2D eigenvalue weighted by Crippen LogP contribution is 2.16. The van der Waals surface area contributed by atoms with Gasteiger partial charge < -0.3 is 18.3 Å². The SMILES string of the molecule is CN(C)CC[N+](C)(C)Cc1ccc(C[N+](C)(C)CC[N+](C)(C)Cc2ccc(CCl)cc2)cc1. The average molecular weight is 476 g/mol. The Morgan fingerprint density at radius 1 is 0.545 bits per heavy atom. The molecule has 0 spiro atoms. The maximum absolute atomic E-state index is 5.93. The molecule has 0 radical (unpaired) electrons. The zero-order chi connectivity index (χ0) is 24.7. The zero-order valence-corrected chi connectivity index (χ0v) is 23.2. The molecule has 0 bridgehead atoms. The van der Waals surface area contributed by atoms with E-state index in [2.05, 4.69) is 110 Å². The van der Waals surface area contributed by atoms with Gasteiger partial charge in [-0.15, -0.1) is 11.6 Å². The van der Waals surface area contributed by atoms with Gasteiger partial charge in [-0.05, 0) is 19.7 Å². The Bertz CT molecular complexity index is 839. The van der Waals surface area contributed by atoms with Crippen LogP contribution in [0.3, 0.4) is 0 Å². The van der Waals surface area contributed by atoms with Crippen LogP contribution in [0.4, 0.5) is 0 Å². The molecule has 0 atom stereocenters. The molecule has 0 heterocycles. The number of likely N-dealkylation sites (N-methyl/N-ethyl adjacent to an activating group) is 4. The third-order valence-electron chi connectivity index (χ3n) is 6.50. The molecule has 0 aliphatic heterocycles. The summed E-state index contributed by atoms with van der Waals surface area (Å²) in [6.45, 7) is 7.73. The molecule has 0 N–H and O–H groups in total. The lowest BCUT2D eigenvalue weighted by atomic mass is 10.1. The molecule has 0 saturated heterocycles. The first-order valence-electron chi connectivity index (χ1n) is 12.1. The second-order valence-electron chi connectivity index (χ2n) is 12.0. The predicted molar refractivity (Wildman–Crippen MR) is 143 cm³/mol. The van der Waals surface area contributed by atoms with Gasteiger partial charge in [0.25, 0.3) is 0 Å². The molecule has 0 aliphatic rings. The topological polar surface area (TPSA) is 3.24 Å². The summed E-state index contributed by atoms with van der Waals surface area (Å²) in [6, 6.07) is 18.1. The monoisotopic (exact) mass is 475 g/mol. The van der Waals surface area contributed by atoms with Crippen LogP contribution in [0, 0.1) is 0 Å². The van der Waals surface area contributed by atoms with Gasteiger partial charge in [-0.1, -0.05) is 48.5 Å². The maximum Gasteiger partial charge on any atom is 0.128 e. The van der Waals surface area contributed by atoms with Gasteiger partial charge in [-0.3, -0.25) is 0 Å². The summed E-state index contributed by atoms with van der Waals surface area (Å²) in [7, 11) is 18.3. The second kappa shape index (κ2) is 11.8. The van der Waals surface area contributed by atoms with E-state index < -0.39 is 0 Å². The van der Waals surface area contributed by atoms with Crippen LogP contribution in [0.2, 0.25) is 0 Å². The Kier molecular flexibility index (Phi) is 9.96. The summed E-state index contributed by atoms with van der Waals surface area (Å²) >= 11 is 5.93. The fourth-order valence-electron chi connectivity index (χ4n) is 4.22. The van der Waals surface area contributed by atoms with Gasteiger partial charge in [0.05, 0.1) is 48.8 Å². The van der Waals surface area contributed by atoms with Crippen LogP contribution in [-0.4, -0.2) is 101 Å².